The van der Waals surface area contributed by atoms with Crippen molar-refractivity contribution in [3.05, 3.63) is 59.6 Å². The van der Waals surface area contributed by atoms with Gasteiger partial charge in [-0.3, -0.25) is 9.48 Å². The van der Waals surface area contributed by atoms with Crippen molar-refractivity contribution in [2.24, 2.45) is 0 Å². The fraction of sp³-hybridized carbons (Fsp3) is 0.250. The van der Waals surface area contributed by atoms with Crippen molar-refractivity contribution >= 4 is 23.4 Å². The Morgan fingerprint density at radius 3 is 2.91 bits per heavy atom. The Hall–Kier alpha value is -4.11. The van der Waals surface area contributed by atoms with Crippen LogP contribution in [0.3, 0.4) is 0 Å². The maximum Gasteiger partial charge on any atom is 0.242 e. The number of hydrogen-bond donors (Lipinski definition) is 4. The molecular formula is C20H20F2N8O2. The number of rotatable bonds is 9. The summed E-state index contributed by atoms with van der Waals surface area (Å²) in [6.07, 6.45) is 4.50. The molecule has 2 aromatic heterocycles. The first kappa shape index (κ1) is 22.6. The molecule has 0 unspecified atom stereocenters. The van der Waals surface area contributed by atoms with Crippen molar-refractivity contribution in [3.8, 4) is 6.07 Å². The van der Waals surface area contributed by atoms with E-state index in [-0.39, 0.29) is 48.7 Å². The Labute approximate surface area is 181 Å². The van der Waals surface area contributed by atoms with Crippen molar-refractivity contribution in [3.63, 3.8) is 0 Å². The van der Waals surface area contributed by atoms with Crippen LogP contribution in [0.15, 0.2) is 36.8 Å². The normalized spacial score (nSPS) is 11.5. The second-order valence-electron chi connectivity index (χ2n) is 6.82. The summed E-state index contributed by atoms with van der Waals surface area (Å²) in [5.41, 5.74) is 0.000891. The minimum atomic E-state index is -0.919. The summed E-state index contributed by atoms with van der Waals surface area (Å²) in [5.74, 6) is -1.50. The van der Waals surface area contributed by atoms with Crippen LogP contribution in [0.25, 0.3) is 0 Å². The third kappa shape index (κ3) is 5.73. The highest BCUT2D eigenvalue weighted by molar-refractivity contribution is 5.76. The number of benzene rings is 1. The quantitative estimate of drug-likeness (QED) is 0.392. The summed E-state index contributed by atoms with van der Waals surface area (Å²) in [6.45, 7) is 1.26. The van der Waals surface area contributed by atoms with E-state index >= 15 is 0 Å². The van der Waals surface area contributed by atoms with Gasteiger partial charge in [-0.15, -0.1) is 0 Å². The lowest BCUT2D eigenvalue weighted by Crippen LogP contribution is -2.37. The van der Waals surface area contributed by atoms with Gasteiger partial charge in [-0.1, -0.05) is 0 Å². The van der Waals surface area contributed by atoms with E-state index in [0.717, 1.165) is 12.1 Å². The fourth-order valence-corrected chi connectivity index (χ4v) is 2.70. The largest absolute Gasteiger partial charge is 0.394 e. The topological polar surface area (TPSA) is 141 Å². The van der Waals surface area contributed by atoms with E-state index < -0.39 is 11.6 Å². The van der Waals surface area contributed by atoms with E-state index in [9.17, 15) is 13.6 Å². The van der Waals surface area contributed by atoms with Gasteiger partial charge in [-0.25, -0.2) is 13.8 Å². The number of nitriles is 1. The third-order valence-corrected chi connectivity index (χ3v) is 4.28. The molecule has 0 saturated carbocycles. The average Bonchev–Trinajstić information content (AvgIpc) is 3.20. The molecule has 32 heavy (non-hydrogen) atoms. The Morgan fingerprint density at radius 2 is 2.16 bits per heavy atom. The molecule has 10 nitrogen and oxygen atoms in total. The molecule has 1 atom stereocenters. The number of aromatic nitrogens is 4. The number of aliphatic hydroxyl groups excluding tert-OH is 1. The molecule has 0 aliphatic heterocycles. The van der Waals surface area contributed by atoms with Crippen LogP contribution in [0, 0.1) is 23.0 Å². The second-order valence-corrected chi connectivity index (χ2v) is 6.82. The van der Waals surface area contributed by atoms with Crippen molar-refractivity contribution in [2.75, 3.05) is 17.2 Å². The molecule has 2 heterocycles. The zero-order valence-corrected chi connectivity index (χ0v) is 17.0. The average molecular weight is 442 g/mol. The van der Waals surface area contributed by atoms with Gasteiger partial charge in [0.1, 0.15) is 30.1 Å². The Morgan fingerprint density at radius 1 is 1.34 bits per heavy atom. The van der Waals surface area contributed by atoms with Crippen LogP contribution in [-0.4, -0.2) is 43.4 Å². The molecule has 0 aliphatic rings. The van der Waals surface area contributed by atoms with Crippen molar-refractivity contribution in [1.29, 1.82) is 5.26 Å². The zero-order valence-electron chi connectivity index (χ0n) is 17.0. The van der Waals surface area contributed by atoms with Crippen molar-refractivity contribution in [1.82, 2.24) is 25.1 Å². The predicted octanol–water partition coefficient (Wildman–Crippen LogP) is 1.68. The van der Waals surface area contributed by atoms with Crippen molar-refractivity contribution in [2.45, 2.75) is 26.1 Å². The number of nitrogens with zero attached hydrogens (tertiary/aromatic N) is 5. The number of carbonyl (C=O) groups excluding carboxylic acids is 1. The lowest BCUT2D eigenvalue weighted by atomic mass is 10.1. The van der Waals surface area contributed by atoms with Gasteiger partial charge in [0, 0.05) is 30.5 Å². The maximum absolute atomic E-state index is 14.2. The molecule has 0 bridgehead atoms. The number of anilines is 3. The summed E-state index contributed by atoms with van der Waals surface area (Å²) in [7, 11) is 0. The standard InChI is InChI=1S/C20H20F2N8O2/c1-12(11-31)27-18(32)10-30-9-14(7-26-30)28-20-24-5-4-17(29-20)25-8-15-16(21)3-2-13(6-23)19(15)22/h2-5,7,9,12,31H,8,10-11H2,1H3,(H,27,32)(H2,24,25,28,29)/t12-/m1/s1. The van der Waals surface area contributed by atoms with Crippen LogP contribution in [0.4, 0.5) is 26.2 Å². The first-order chi connectivity index (χ1) is 15.4. The molecule has 1 aromatic carbocycles. The Bertz CT molecular complexity index is 1140. The summed E-state index contributed by atoms with van der Waals surface area (Å²) in [4.78, 5) is 20.2. The summed E-state index contributed by atoms with van der Waals surface area (Å²) in [6, 6.07) is 4.95. The lowest BCUT2D eigenvalue weighted by molar-refractivity contribution is -0.122. The van der Waals surface area contributed by atoms with Gasteiger partial charge < -0.3 is 21.1 Å². The van der Waals surface area contributed by atoms with Gasteiger partial charge in [0.05, 0.1) is 24.1 Å². The number of nitrogens with one attached hydrogen (secondary N) is 3. The van der Waals surface area contributed by atoms with E-state index in [1.807, 2.05) is 0 Å². The maximum atomic E-state index is 14.2. The molecular weight excluding hydrogens is 422 g/mol. The molecule has 0 saturated heterocycles. The van der Waals surface area contributed by atoms with Crippen LogP contribution in [0.5, 0.6) is 0 Å². The van der Waals surface area contributed by atoms with E-state index in [1.54, 1.807) is 19.2 Å². The number of amides is 1. The van der Waals surface area contributed by atoms with Gasteiger partial charge in [0.2, 0.25) is 11.9 Å². The zero-order chi connectivity index (χ0) is 23.1. The first-order valence-electron chi connectivity index (χ1n) is 9.53. The third-order valence-electron chi connectivity index (χ3n) is 4.28. The summed E-state index contributed by atoms with van der Waals surface area (Å²) in [5, 5.41) is 30.3. The van der Waals surface area contributed by atoms with Crippen LogP contribution in [0.2, 0.25) is 0 Å². The molecule has 0 aliphatic carbocycles. The van der Waals surface area contributed by atoms with Crippen LogP contribution in [0.1, 0.15) is 18.1 Å². The molecule has 4 N–H and O–H groups in total. The van der Waals surface area contributed by atoms with E-state index in [2.05, 4.69) is 31.0 Å². The summed E-state index contributed by atoms with van der Waals surface area (Å²) < 4.78 is 29.5. The molecule has 166 valence electrons. The van der Waals surface area contributed by atoms with Gasteiger partial charge >= 0.3 is 0 Å². The number of carbonyl (C=O) groups is 1. The number of aliphatic hydroxyl groups is 1. The number of halogens is 2. The monoisotopic (exact) mass is 442 g/mol. The Balaban J connectivity index is 1.62. The fourth-order valence-electron chi connectivity index (χ4n) is 2.70. The lowest BCUT2D eigenvalue weighted by Gasteiger charge is -2.10. The van der Waals surface area contributed by atoms with Crippen LogP contribution in [-0.2, 0) is 17.9 Å². The molecule has 3 aromatic rings. The molecule has 0 radical (unpaired) electrons. The van der Waals surface area contributed by atoms with Gasteiger partial charge in [0.15, 0.2) is 0 Å². The molecule has 0 spiro atoms. The van der Waals surface area contributed by atoms with Crippen LogP contribution < -0.4 is 16.0 Å². The first-order valence-corrected chi connectivity index (χ1v) is 9.53. The van der Waals surface area contributed by atoms with E-state index in [4.69, 9.17) is 10.4 Å². The summed E-state index contributed by atoms with van der Waals surface area (Å²) >= 11 is 0. The molecule has 12 heteroatoms. The highest BCUT2D eigenvalue weighted by Gasteiger charge is 2.14. The molecule has 3 rings (SSSR count). The second kappa shape index (κ2) is 10.3. The van der Waals surface area contributed by atoms with Gasteiger partial charge in [0.25, 0.3) is 0 Å². The highest BCUT2D eigenvalue weighted by Crippen LogP contribution is 2.19. The Kier molecular flexibility index (Phi) is 7.25. The highest BCUT2D eigenvalue weighted by atomic mass is 19.1. The van der Waals surface area contributed by atoms with Gasteiger partial charge in [-0.2, -0.15) is 15.3 Å². The van der Waals surface area contributed by atoms with Crippen LogP contribution >= 0.6 is 0 Å². The van der Waals surface area contributed by atoms with Crippen molar-refractivity contribution < 1.29 is 18.7 Å². The minimum absolute atomic E-state index is 0.0344. The minimum Gasteiger partial charge on any atom is -0.394 e. The van der Waals surface area contributed by atoms with E-state index in [1.165, 1.54) is 23.1 Å². The predicted molar refractivity (Wildman–Crippen MR) is 111 cm³/mol. The molecule has 1 amide bonds. The smallest absolute Gasteiger partial charge is 0.242 e. The number of hydrogen-bond acceptors (Lipinski definition) is 8. The SMILES string of the molecule is C[C@H](CO)NC(=O)Cn1cc(Nc2nccc(NCc3c(F)ccc(C#N)c3F)n2)cn1. The van der Waals surface area contributed by atoms with E-state index in [0.29, 0.717) is 11.5 Å². The molecule has 0 fully saturated rings. The van der Waals surface area contributed by atoms with Gasteiger partial charge in [-0.05, 0) is 25.1 Å².